The van der Waals surface area contributed by atoms with E-state index in [0.717, 1.165) is 10.6 Å². The summed E-state index contributed by atoms with van der Waals surface area (Å²) in [5, 5.41) is 11.1. The number of hydrogen-bond acceptors (Lipinski definition) is 8. The van der Waals surface area contributed by atoms with Crippen molar-refractivity contribution < 1.29 is 13.2 Å². The van der Waals surface area contributed by atoms with Crippen LogP contribution in [0.15, 0.2) is 76.6 Å². The highest BCUT2D eigenvalue weighted by Crippen LogP contribution is 2.25. The Hall–Kier alpha value is -3.61. The first-order valence-electron chi connectivity index (χ1n) is 9.22. The molecule has 0 aliphatic rings. The Morgan fingerprint density at radius 3 is 2.53 bits per heavy atom. The molecule has 5 rings (SSSR count). The first-order chi connectivity index (χ1) is 15.5. The molecule has 0 radical (unpaired) electrons. The van der Waals surface area contributed by atoms with E-state index >= 15 is 0 Å². The number of hydrogen-bond donors (Lipinski definition) is 2. The van der Waals surface area contributed by atoms with Gasteiger partial charge in [0.25, 0.3) is 15.9 Å². The summed E-state index contributed by atoms with van der Waals surface area (Å²) in [6, 6.07) is 13.2. The molecule has 9 nitrogen and oxygen atoms in total. The summed E-state index contributed by atoms with van der Waals surface area (Å²) in [5.74, 6) is -0.427. The van der Waals surface area contributed by atoms with Gasteiger partial charge >= 0.3 is 0 Å². The molecule has 1 amide bonds. The highest BCUT2D eigenvalue weighted by Gasteiger charge is 2.17. The highest BCUT2D eigenvalue weighted by atomic mass is 32.2. The molecule has 0 fully saturated rings. The largest absolute Gasteiger partial charge is 0.321 e. The quantitative estimate of drug-likeness (QED) is 0.378. The van der Waals surface area contributed by atoms with Crippen molar-refractivity contribution in [1.29, 1.82) is 0 Å². The fourth-order valence-electron chi connectivity index (χ4n) is 2.98. The number of aromatic nitrogens is 4. The molecular formula is C20H14N6O3S3. The molecule has 0 saturated carbocycles. The third-order valence-electron chi connectivity index (χ3n) is 4.44. The molecule has 4 aromatic heterocycles. The zero-order chi connectivity index (χ0) is 22.1. The number of anilines is 2. The Labute approximate surface area is 190 Å². The van der Waals surface area contributed by atoms with E-state index in [9.17, 15) is 13.2 Å². The van der Waals surface area contributed by atoms with Crippen molar-refractivity contribution in [2.45, 2.75) is 4.90 Å². The van der Waals surface area contributed by atoms with Gasteiger partial charge in [-0.3, -0.25) is 9.52 Å². The number of nitrogens with one attached hydrogen (secondary N) is 2. The second-order valence-electron chi connectivity index (χ2n) is 6.53. The van der Waals surface area contributed by atoms with Crippen molar-refractivity contribution in [3.8, 4) is 10.6 Å². The highest BCUT2D eigenvalue weighted by molar-refractivity contribution is 7.93. The first kappa shape index (κ1) is 20.3. The summed E-state index contributed by atoms with van der Waals surface area (Å²) in [5.41, 5.74) is 2.03. The third kappa shape index (κ3) is 3.98. The SMILES string of the molecule is O=C(Nc1ccc(S(=O)(=O)Nc2nccs2)cc1)c1cc2nccc(-c3cccs3)n2n1. The number of carbonyl (C=O) groups excluding carboxylic acids is 1. The van der Waals surface area contributed by atoms with E-state index in [4.69, 9.17) is 0 Å². The van der Waals surface area contributed by atoms with E-state index in [2.05, 4.69) is 25.1 Å². The standard InChI is InChI=1S/C20H14N6O3S3/c27-19(15-12-18-21-8-7-16(26(18)24-15)17-2-1-10-30-17)23-13-3-5-14(6-4-13)32(28,29)25-20-22-9-11-31-20/h1-12H,(H,22,25)(H,23,27). The van der Waals surface area contributed by atoms with Gasteiger partial charge in [0.1, 0.15) is 0 Å². The smallest absolute Gasteiger partial charge is 0.276 e. The first-order valence-corrected chi connectivity index (χ1v) is 12.5. The number of fused-ring (bicyclic) bond motifs is 1. The Kier molecular flexibility index (Phi) is 5.17. The van der Waals surface area contributed by atoms with E-state index in [0.29, 0.717) is 11.3 Å². The second-order valence-corrected chi connectivity index (χ2v) is 10.1. The Morgan fingerprint density at radius 1 is 0.969 bits per heavy atom. The van der Waals surface area contributed by atoms with Gasteiger partial charge in [-0.25, -0.2) is 22.9 Å². The van der Waals surface area contributed by atoms with Crippen molar-refractivity contribution in [3.63, 3.8) is 0 Å². The zero-order valence-electron chi connectivity index (χ0n) is 16.2. The fraction of sp³-hybridized carbons (Fsp3) is 0. The lowest BCUT2D eigenvalue weighted by Gasteiger charge is -2.07. The molecule has 0 atom stereocenters. The predicted molar refractivity (Wildman–Crippen MR) is 124 cm³/mol. The van der Waals surface area contributed by atoms with Crippen LogP contribution in [-0.4, -0.2) is 33.9 Å². The topological polar surface area (TPSA) is 118 Å². The molecule has 12 heteroatoms. The van der Waals surface area contributed by atoms with Crippen LogP contribution in [0.4, 0.5) is 10.8 Å². The van der Waals surface area contributed by atoms with Crippen LogP contribution in [-0.2, 0) is 10.0 Å². The minimum atomic E-state index is -3.76. The van der Waals surface area contributed by atoms with Gasteiger partial charge < -0.3 is 5.32 Å². The van der Waals surface area contributed by atoms with Gasteiger partial charge in [-0.05, 0) is 41.8 Å². The van der Waals surface area contributed by atoms with Gasteiger partial charge in [-0.15, -0.1) is 22.7 Å². The zero-order valence-corrected chi connectivity index (χ0v) is 18.6. The van der Waals surface area contributed by atoms with Crippen molar-refractivity contribution in [3.05, 3.63) is 77.4 Å². The van der Waals surface area contributed by atoms with Crippen LogP contribution in [0, 0.1) is 0 Å². The van der Waals surface area contributed by atoms with E-state index in [1.165, 1.54) is 41.8 Å². The number of thiophene rings is 1. The van der Waals surface area contributed by atoms with Crippen LogP contribution in [0.5, 0.6) is 0 Å². The number of nitrogens with zero attached hydrogens (tertiary/aromatic N) is 4. The molecule has 160 valence electrons. The lowest BCUT2D eigenvalue weighted by Crippen LogP contribution is -2.14. The third-order valence-corrected chi connectivity index (χ3v) is 7.51. The van der Waals surface area contributed by atoms with Crippen LogP contribution < -0.4 is 10.0 Å². The summed E-state index contributed by atoms with van der Waals surface area (Å²) in [4.78, 5) is 22.0. The maximum Gasteiger partial charge on any atom is 0.276 e. The molecule has 0 saturated heterocycles. The van der Waals surface area contributed by atoms with Gasteiger partial charge in [0, 0.05) is 29.5 Å². The lowest BCUT2D eigenvalue weighted by molar-refractivity contribution is 0.102. The molecule has 4 heterocycles. The van der Waals surface area contributed by atoms with Crippen molar-refractivity contribution in [1.82, 2.24) is 19.6 Å². The summed E-state index contributed by atoms with van der Waals surface area (Å²) in [6.45, 7) is 0. The number of carbonyl (C=O) groups is 1. The van der Waals surface area contributed by atoms with E-state index in [1.54, 1.807) is 33.5 Å². The molecule has 1 aromatic carbocycles. The van der Waals surface area contributed by atoms with Crippen molar-refractivity contribution >= 4 is 55.1 Å². The van der Waals surface area contributed by atoms with E-state index < -0.39 is 15.9 Å². The lowest BCUT2D eigenvalue weighted by atomic mass is 10.3. The molecule has 0 bridgehead atoms. The number of amides is 1. The number of rotatable bonds is 6. The van der Waals surface area contributed by atoms with Gasteiger partial charge in [0.2, 0.25) is 0 Å². The van der Waals surface area contributed by atoms with Crippen LogP contribution in [0.25, 0.3) is 16.2 Å². The Balaban J connectivity index is 1.35. The number of sulfonamides is 1. The number of benzene rings is 1. The van der Waals surface area contributed by atoms with Crippen LogP contribution in [0.2, 0.25) is 0 Å². The van der Waals surface area contributed by atoms with Crippen LogP contribution >= 0.6 is 22.7 Å². The normalized spacial score (nSPS) is 11.5. The Morgan fingerprint density at radius 2 is 1.81 bits per heavy atom. The predicted octanol–water partition coefficient (Wildman–Crippen LogP) is 3.97. The number of thiazole rings is 1. The minimum absolute atomic E-state index is 0.0585. The molecule has 32 heavy (non-hydrogen) atoms. The van der Waals surface area contributed by atoms with Crippen molar-refractivity contribution in [2.24, 2.45) is 0 Å². The molecule has 0 spiro atoms. The van der Waals surface area contributed by atoms with Crippen LogP contribution in [0.3, 0.4) is 0 Å². The van der Waals surface area contributed by atoms with Gasteiger partial charge in [-0.2, -0.15) is 5.10 Å². The summed E-state index contributed by atoms with van der Waals surface area (Å²) >= 11 is 2.75. The molecule has 0 unspecified atom stereocenters. The Bertz CT molecular complexity index is 1490. The molecule has 5 aromatic rings. The minimum Gasteiger partial charge on any atom is -0.321 e. The van der Waals surface area contributed by atoms with E-state index in [-0.39, 0.29) is 15.7 Å². The van der Waals surface area contributed by atoms with Gasteiger partial charge in [-0.1, -0.05) is 6.07 Å². The average molecular weight is 483 g/mol. The second kappa shape index (κ2) is 8.15. The fourth-order valence-corrected chi connectivity index (χ4v) is 5.50. The van der Waals surface area contributed by atoms with Gasteiger partial charge in [0.05, 0.1) is 15.5 Å². The van der Waals surface area contributed by atoms with Crippen LogP contribution in [0.1, 0.15) is 10.5 Å². The summed E-state index contributed by atoms with van der Waals surface area (Å²) < 4.78 is 28.9. The maximum atomic E-state index is 12.7. The van der Waals surface area contributed by atoms with Crippen molar-refractivity contribution in [2.75, 3.05) is 10.0 Å². The average Bonchev–Trinajstić information content (AvgIpc) is 3.55. The molecule has 2 N–H and O–H groups in total. The molecule has 0 aliphatic heterocycles. The molecule has 0 aliphatic carbocycles. The summed E-state index contributed by atoms with van der Waals surface area (Å²) in [6.07, 6.45) is 3.19. The van der Waals surface area contributed by atoms with E-state index in [1.807, 2.05) is 23.6 Å². The summed E-state index contributed by atoms with van der Waals surface area (Å²) in [7, 11) is -3.76. The monoisotopic (exact) mass is 482 g/mol. The maximum absolute atomic E-state index is 12.7. The molecular weight excluding hydrogens is 468 g/mol. The van der Waals surface area contributed by atoms with Gasteiger partial charge in [0.15, 0.2) is 16.5 Å².